The van der Waals surface area contributed by atoms with Gasteiger partial charge >= 0.3 is 0 Å². The quantitative estimate of drug-likeness (QED) is 0.838. The van der Waals surface area contributed by atoms with E-state index in [9.17, 15) is 4.79 Å². The van der Waals surface area contributed by atoms with Gasteiger partial charge in [-0.2, -0.15) is 0 Å². The lowest BCUT2D eigenvalue weighted by Gasteiger charge is -2.30. The summed E-state index contributed by atoms with van der Waals surface area (Å²) in [5.74, 6) is 0.315. The summed E-state index contributed by atoms with van der Waals surface area (Å²) in [4.78, 5) is 15.1. The standard InChI is InChI=1S/C19H25NO3/c21-19(17-11-15-8-9-18(17)23-15)20(13-16-7-4-10-22-16)12-14-5-2-1-3-6-14/h1-3,5-6,15-18H,4,7-13H2/t15-,16-,17-,18-/m1/s1. The number of nitrogens with zero attached hydrogens (tertiary/aromatic N) is 1. The lowest BCUT2D eigenvalue weighted by Crippen LogP contribution is -2.43. The van der Waals surface area contributed by atoms with E-state index in [1.54, 1.807) is 0 Å². The number of amides is 1. The van der Waals surface area contributed by atoms with Crippen molar-refractivity contribution < 1.29 is 14.3 Å². The van der Waals surface area contributed by atoms with Crippen molar-refractivity contribution >= 4 is 5.91 Å². The number of carbonyl (C=O) groups is 1. The zero-order chi connectivity index (χ0) is 15.6. The molecule has 3 heterocycles. The van der Waals surface area contributed by atoms with E-state index in [4.69, 9.17) is 9.47 Å². The van der Waals surface area contributed by atoms with Crippen LogP contribution in [-0.4, -0.2) is 42.3 Å². The predicted octanol–water partition coefficient (Wildman–Crippen LogP) is 2.76. The summed E-state index contributed by atoms with van der Waals surface area (Å²) in [7, 11) is 0. The Bertz CT molecular complexity index is 541. The number of fused-ring (bicyclic) bond motifs is 2. The fraction of sp³-hybridized carbons (Fsp3) is 0.632. The van der Waals surface area contributed by atoms with Crippen LogP contribution in [0, 0.1) is 5.92 Å². The van der Waals surface area contributed by atoms with Crippen LogP contribution in [-0.2, 0) is 20.8 Å². The molecule has 4 heteroatoms. The van der Waals surface area contributed by atoms with E-state index in [0.717, 1.165) is 38.7 Å². The SMILES string of the molecule is O=C([C@@H]1C[C@H]2CC[C@H]1O2)N(Cc1ccccc1)C[C@H]1CCCO1. The third kappa shape index (κ3) is 3.29. The third-order valence-corrected chi connectivity index (χ3v) is 5.40. The first-order chi connectivity index (χ1) is 11.3. The molecule has 0 spiro atoms. The van der Waals surface area contributed by atoms with Crippen LogP contribution >= 0.6 is 0 Å². The minimum absolute atomic E-state index is 0.0545. The maximum absolute atomic E-state index is 13.1. The molecule has 124 valence electrons. The molecule has 0 aromatic heterocycles. The summed E-state index contributed by atoms with van der Waals surface area (Å²) in [5.41, 5.74) is 1.18. The highest BCUT2D eigenvalue weighted by Crippen LogP contribution is 2.40. The fourth-order valence-electron chi connectivity index (χ4n) is 4.20. The maximum atomic E-state index is 13.1. The second-order valence-electron chi connectivity index (χ2n) is 7.06. The van der Waals surface area contributed by atoms with Gasteiger partial charge in [0.25, 0.3) is 0 Å². The van der Waals surface area contributed by atoms with Crippen molar-refractivity contribution in [1.82, 2.24) is 4.90 Å². The Morgan fingerprint density at radius 3 is 2.70 bits per heavy atom. The van der Waals surface area contributed by atoms with E-state index in [-0.39, 0.29) is 24.0 Å². The summed E-state index contributed by atoms with van der Waals surface area (Å²) < 4.78 is 11.7. The molecule has 0 N–H and O–H groups in total. The van der Waals surface area contributed by atoms with Crippen LogP contribution in [0.25, 0.3) is 0 Å². The van der Waals surface area contributed by atoms with Gasteiger partial charge in [-0.3, -0.25) is 4.79 Å². The smallest absolute Gasteiger partial charge is 0.228 e. The Morgan fingerprint density at radius 1 is 1.17 bits per heavy atom. The first-order valence-corrected chi connectivity index (χ1v) is 8.89. The molecule has 2 bridgehead atoms. The molecule has 3 aliphatic rings. The molecule has 3 saturated heterocycles. The fourth-order valence-corrected chi connectivity index (χ4v) is 4.20. The van der Waals surface area contributed by atoms with Crippen molar-refractivity contribution in [3.05, 3.63) is 35.9 Å². The van der Waals surface area contributed by atoms with E-state index in [1.807, 2.05) is 23.1 Å². The molecular weight excluding hydrogens is 290 g/mol. The highest BCUT2D eigenvalue weighted by atomic mass is 16.5. The molecule has 3 fully saturated rings. The minimum Gasteiger partial charge on any atom is -0.376 e. The summed E-state index contributed by atoms with van der Waals surface area (Å²) in [5, 5.41) is 0. The Kier molecular flexibility index (Phi) is 4.36. The average Bonchev–Trinajstić information content (AvgIpc) is 3.32. The molecule has 0 saturated carbocycles. The van der Waals surface area contributed by atoms with Gasteiger partial charge in [-0.25, -0.2) is 0 Å². The van der Waals surface area contributed by atoms with Crippen molar-refractivity contribution in [3.8, 4) is 0 Å². The average molecular weight is 315 g/mol. The van der Waals surface area contributed by atoms with Crippen LogP contribution in [0.3, 0.4) is 0 Å². The Labute approximate surface area is 137 Å². The lowest BCUT2D eigenvalue weighted by molar-refractivity contribution is -0.139. The summed E-state index contributed by atoms with van der Waals surface area (Å²) in [6.07, 6.45) is 5.90. The Morgan fingerprint density at radius 2 is 2.04 bits per heavy atom. The summed E-state index contributed by atoms with van der Waals surface area (Å²) in [6.45, 7) is 2.21. The molecule has 1 amide bonds. The second kappa shape index (κ2) is 6.62. The van der Waals surface area contributed by atoms with Gasteiger partial charge in [-0.15, -0.1) is 0 Å². The first-order valence-electron chi connectivity index (χ1n) is 8.89. The van der Waals surface area contributed by atoms with Gasteiger partial charge in [0, 0.05) is 19.7 Å². The van der Waals surface area contributed by atoms with E-state index in [1.165, 1.54) is 5.56 Å². The van der Waals surface area contributed by atoms with Gasteiger partial charge in [-0.1, -0.05) is 30.3 Å². The molecule has 1 aromatic carbocycles. The van der Waals surface area contributed by atoms with Crippen LogP contribution in [0.1, 0.15) is 37.7 Å². The van der Waals surface area contributed by atoms with Crippen molar-refractivity contribution in [2.24, 2.45) is 5.92 Å². The van der Waals surface area contributed by atoms with Crippen LogP contribution in [0.4, 0.5) is 0 Å². The molecule has 1 aromatic rings. The minimum atomic E-state index is 0.0545. The van der Waals surface area contributed by atoms with Crippen molar-refractivity contribution in [1.29, 1.82) is 0 Å². The van der Waals surface area contributed by atoms with Crippen LogP contribution < -0.4 is 0 Å². The normalized spacial score (nSPS) is 32.3. The van der Waals surface area contributed by atoms with Gasteiger partial charge in [-0.05, 0) is 37.7 Å². The number of hydrogen-bond donors (Lipinski definition) is 0. The molecule has 0 aliphatic carbocycles. The summed E-state index contributed by atoms with van der Waals surface area (Å²) in [6, 6.07) is 10.3. The zero-order valence-electron chi connectivity index (χ0n) is 13.5. The predicted molar refractivity (Wildman–Crippen MR) is 86.8 cm³/mol. The molecule has 3 aliphatic heterocycles. The number of hydrogen-bond acceptors (Lipinski definition) is 3. The van der Waals surface area contributed by atoms with Crippen LogP contribution in [0.2, 0.25) is 0 Å². The van der Waals surface area contributed by atoms with Crippen LogP contribution in [0.5, 0.6) is 0 Å². The van der Waals surface area contributed by atoms with Gasteiger partial charge in [0.15, 0.2) is 0 Å². The van der Waals surface area contributed by atoms with Gasteiger partial charge < -0.3 is 14.4 Å². The van der Waals surface area contributed by atoms with Gasteiger partial charge in [0.05, 0.1) is 24.2 Å². The lowest BCUT2D eigenvalue weighted by atomic mass is 9.88. The van der Waals surface area contributed by atoms with Crippen molar-refractivity contribution in [3.63, 3.8) is 0 Å². The largest absolute Gasteiger partial charge is 0.376 e. The van der Waals surface area contributed by atoms with Crippen LogP contribution in [0.15, 0.2) is 30.3 Å². The van der Waals surface area contributed by atoms with Crippen molar-refractivity contribution in [2.45, 2.75) is 57.0 Å². The summed E-state index contributed by atoms with van der Waals surface area (Å²) >= 11 is 0. The molecular formula is C19H25NO3. The molecule has 4 atom stereocenters. The molecule has 4 rings (SSSR count). The molecule has 0 radical (unpaired) electrons. The molecule has 0 unspecified atom stereocenters. The number of ether oxygens (including phenoxy) is 2. The van der Waals surface area contributed by atoms with E-state index in [0.29, 0.717) is 19.2 Å². The Balaban J connectivity index is 1.48. The number of benzene rings is 1. The number of carbonyl (C=O) groups excluding carboxylic acids is 1. The number of rotatable bonds is 5. The molecule has 4 nitrogen and oxygen atoms in total. The Hall–Kier alpha value is -1.39. The highest BCUT2D eigenvalue weighted by molar-refractivity contribution is 5.80. The zero-order valence-corrected chi connectivity index (χ0v) is 13.5. The second-order valence-corrected chi connectivity index (χ2v) is 7.06. The van der Waals surface area contributed by atoms with E-state index >= 15 is 0 Å². The maximum Gasteiger partial charge on any atom is 0.228 e. The third-order valence-electron chi connectivity index (χ3n) is 5.40. The van der Waals surface area contributed by atoms with E-state index < -0.39 is 0 Å². The van der Waals surface area contributed by atoms with Gasteiger partial charge in [0.2, 0.25) is 5.91 Å². The molecule has 23 heavy (non-hydrogen) atoms. The van der Waals surface area contributed by atoms with Crippen molar-refractivity contribution in [2.75, 3.05) is 13.2 Å². The van der Waals surface area contributed by atoms with E-state index in [2.05, 4.69) is 12.1 Å². The van der Waals surface area contributed by atoms with Gasteiger partial charge in [0.1, 0.15) is 0 Å². The highest BCUT2D eigenvalue weighted by Gasteiger charge is 2.46. The topological polar surface area (TPSA) is 38.8 Å². The first kappa shape index (κ1) is 15.2. The monoisotopic (exact) mass is 315 g/mol.